The Balaban J connectivity index is 2.50. The number of carboxylic acids is 2. The van der Waals surface area contributed by atoms with E-state index >= 15 is 0 Å². The lowest BCUT2D eigenvalue weighted by Crippen LogP contribution is -2.06. The molecule has 108 valence electrons. The fourth-order valence-electron chi connectivity index (χ4n) is 1.90. The molecule has 2 aromatic rings. The lowest BCUT2D eigenvalue weighted by atomic mass is 10.1. The smallest absolute Gasteiger partial charge is 0.337 e. The van der Waals surface area contributed by atoms with Gasteiger partial charge in [0.15, 0.2) is 0 Å². The summed E-state index contributed by atoms with van der Waals surface area (Å²) in [5.74, 6) is -2.22. The number of aromatic carboxylic acids is 2. The number of halogens is 1. The fraction of sp³-hybridized carbons (Fsp3) is 0.0667. The zero-order valence-corrected chi connectivity index (χ0v) is 11.8. The Bertz CT molecular complexity index is 728. The number of rotatable bonds is 4. The molecule has 0 spiro atoms. The molecule has 0 unspecified atom stereocenters. The molecule has 0 aliphatic rings. The molecule has 6 heteroatoms. The molecule has 3 N–H and O–H groups in total. The number of nitrogens with one attached hydrogen (secondary N) is 1. The van der Waals surface area contributed by atoms with Crippen LogP contribution in [0, 0.1) is 6.92 Å². The molecule has 0 radical (unpaired) electrons. The van der Waals surface area contributed by atoms with E-state index < -0.39 is 11.9 Å². The van der Waals surface area contributed by atoms with Crippen molar-refractivity contribution in [2.24, 2.45) is 0 Å². The number of hydrogen-bond acceptors (Lipinski definition) is 3. The Kier molecular flexibility index (Phi) is 4.14. The third-order valence-corrected chi connectivity index (χ3v) is 3.12. The lowest BCUT2D eigenvalue weighted by Gasteiger charge is -2.13. The minimum Gasteiger partial charge on any atom is -0.478 e. The van der Waals surface area contributed by atoms with Crippen LogP contribution >= 0.6 is 11.6 Å². The van der Waals surface area contributed by atoms with Gasteiger partial charge in [-0.1, -0.05) is 23.2 Å². The third kappa shape index (κ3) is 3.32. The molecule has 0 saturated carbocycles. The van der Waals surface area contributed by atoms with Crippen LogP contribution in [0.4, 0.5) is 11.4 Å². The van der Waals surface area contributed by atoms with Crippen molar-refractivity contribution < 1.29 is 19.8 Å². The van der Waals surface area contributed by atoms with Crippen molar-refractivity contribution in [1.29, 1.82) is 0 Å². The van der Waals surface area contributed by atoms with Crippen LogP contribution in [-0.2, 0) is 0 Å². The van der Waals surface area contributed by atoms with Crippen LogP contribution in [0.3, 0.4) is 0 Å². The van der Waals surface area contributed by atoms with Crippen LogP contribution in [0.1, 0.15) is 26.3 Å². The summed E-state index contributed by atoms with van der Waals surface area (Å²) < 4.78 is 0. The molecule has 0 aliphatic carbocycles. The quantitative estimate of drug-likeness (QED) is 0.800. The molecule has 0 bridgehead atoms. The molecule has 0 heterocycles. The second-order valence-electron chi connectivity index (χ2n) is 4.47. The van der Waals surface area contributed by atoms with Gasteiger partial charge >= 0.3 is 11.9 Å². The van der Waals surface area contributed by atoms with Gasteiger partial charge in [0.1, 0.15) is 0 Å². The maximum atomic E-state index is 11.3. The number of benzene rings is 2. The van der Waals surface area contributed by atoms with Crippen molar-refractivity contribution in [1.82, 2.24) is 0 Å². The van der Waals surface area contributed by atoms with E-state index in [4.69, 9.17) is 16.7 Å². The van der Waals surface area contributed by atoms with Gasteiger partial charge in [0.2, 0.25) is 0 Å². The molecule has 0 fully saturated rings. The minimum atomic E-state index is -1.13. The van der Waals surface area contributed by atoms with Crippen molar-refractivity contribution in [3.8, 4) is 0 Å². The first-order chi connectivity index (χ1) is 9.88. The van der Waals surface area contributed by atoms with Gasteiger partial charge in [-0.3, -0.25) is 0 Å². The van der Waals surface area contributed by atoms with E-state index in [0.29, 0.717) is 10.7 Å². The number of carbonyl (C=O) groups is 2. The lowest BCUT2D eigenvalue weighted by molar-refractivity contribution is 0.0688. The monoisotopic (exact) mass is 305 g/mol. The molecular weight excluding hydrogens is 294 g/mol. The van der Waals surface area contributed by atoms with Crippen molar-refractivity contribution in [2.75, 3.05) is 5.32 Å². The minimum absolute atomic E-state index is 0.0105. The van der Waals surface area contributed by atoms with E-state index in [0.717, 1.165) is 5.56 Å². The van der Waals surface area contributed by atoms with Crippen molar-refractivity contribution in [2.45, 2.75) is 6.92 Å². The average Bonchev–Trinajstić information content (AvgIpc) is 2.40. The SMILES string of the molecule is Cc1ccc(Nc2cc(Cl)ccc2C(=O)O)c(C(=O)O)c1. The Morgan fingerprint density at radius 1 is 0.952 bits per heavy atom. The van der Waals surface area contributed by atoms with Crippen LogP contribution in [0.2, 0.25) is 5.02 Å². The molecular formula is C15H12ClNO4. The van der Waals surface area contributed by atoms with Crippen LogP contribution in [0.25, 0.3) is 0 Å². The van der Waals surface area contributed by atoms with Crippen LogP contribution in [0.5, 0.6) is 0 Å². The number of hydrogen-bond donors (Lipinski definition) is 3. The first-order valence-electron chi connectivity index (χ1n) is 6.02. The normalized spacial score (nSPS) is 10.2. The Labute approximate surface area is 125 Å². The highest BCUT2D eigenvalue weighted by atomic mass is 35.5. The number of anilines is 2. The summed E-state index contributed by atoms with van der Waals surface area (Å²) in [6.45, 7) is 1.78. The average molecular weight is 306 g/mol. The molecule has 0 atom stereocenters. The fourth-order valence-corrected chi connectivity index (χ4v) is 2.07. The van der Waals surface area contributed by atoms with Crippen molar-refractivity contribution in [3.63, 3.8) is 0 Å². The van der Waals surface area contributed by atoms with Gasteiger partial charge in [0.25, 0.3) is 0 Å². The summed E-state index contributed by atoms with van der Waals surface area (Å²) in [4.78, 5) is 22.5. The maximum absolute atomic E-state index is 11.3. The predicted molar refractivity (Wildman–Crippen MR) is 79.8 cm³/mol. The van der Waals surface area contributed by atoms with Crippen molar-refractivity contribution >= 4 is 34.9 Å². The summed E-state index contributed by atoms with van der Waals surface area (Å²) >= 11 is 5.87. The molecule has 0 saturated heterocycles. The van der Waals surface area contributed by atoms with Crippen molar-refractivity contribution in [3.05, 3.63) is 58.1 Å². The standard InChI is InChI=1S/C15H12ClNO4/c1-8-2-5-12(11(6-8)15(20)21)17-13-7-9(16)3-4-10(13)14(18)19/h2-7,17H,1H3,(H,18,19)(H,20,21). The predicted octanol–water partition coefficient (Wildman–Crippen LogP) is 3.79. The highest BCUT2D eigenvalue weighted by Gasteiger charge is 2.15. The van der Waals surface area contributed by atoms with E-state index in [1.165, 1.54) is 24.3 Å². The van der Waals surface area contributed by atoms with Gasteiger partial charge < -0.3 is 15.5 Å². The number of aryl methyl sites for hydroxylation is 1. The van der Waals surface area contributed by atoms with Gasteiger partial charge in [-0.05, 0) is 37.3 Å². The van der Waals surface area contributed by atoms with Gasteiger partial charge in [-0.2, -0.15) is 0 Å². The van der Waals surface area contributed by atoms with Gasteiger partial charge in [-0.15, -0.1) is 0 Å². The summed E-state index contributed by atoms with van der Waals surface area (Å²) in [6, 6.07) is 9.10. The molecule has 2 aromatic carbocycles. The van der Waals surface area contributed by atoms with E-state index in [2.05, 4.69) is 5.32 Å². The first kappa shape index (κ1) is 14.9. The van der Waals surface area contributed by atoms with Crippen LogP contribution in [0.15, 0.2) is 36.4 Å². The van der Waals surface area contributed by atoms with E-state index in [-0.39, 0.29) is 16.8 Å². The first-order valence-corrected chi connectivity index (χ1v) is 6.40. The zero-order chi connectivity index (χ0) is 15.6. The number of carboxylic acid groups (broad SMARTS) is 2. The Morgan fingerprint density at radius 3 is 2.24 bits per heavy atom. The summed E-state index contributed by atoms with van der Waals surface area (Å²) in [7, 11) is 0. The third-order valence-electron chi connectivity index (χ3n) is 2.89. The van der Waals surface area contributed by atoms with Gasteiger partial charge in [-0.25, -0.2) is 9.59 Å². The second-order valence-corrected chi connectivity index (χ2v) is 4.91. The highest BCUT2D eigenvalue weighted by Crippen LogP contribution is 2.27. The molecule has 0 aliphatic heterocycles. The molecule has 2 rings (SSSR count). The maximum Gasteiger partial charge on any atom is 0.337 e. The van der Waals surface area contributed by atoms with Crippen LogP contribution < -0.4 is 5.32 Å². The van der Waals surface area contributed by atoms with Crippen LogP contribution in [-0.4, -0.2) is 22.2 Å². The van der Waals surface area contributed by atoms with E-state index in [1.807, 2.05) is 0 Å². The molecule has 21 heavy (non-hydrogen) atoms. The van der Waals surface area contributed by atoms with E-state index in [1.54, 1.807) is 19.1 Å². The second kappa shape index (κ2) is 5.85. The summed E-state index contributed by atoms with van der Waals surface area (Å²) in [5, 5.41) is 21.6. The van der Waals surface area contributed by atoms with E-state index in [9.17, 15) is 14.7 Å². The highest BCUT2D eigenvalue weighted by molar-refractivity contribution is 6.31. The Morgan fingerprint density at radius 2 is 1.62 bits per heavy atom. The summed E-state index contributed by atoms with van der Waals surface area (Å²) in [5.41, 5.74) is 1.41. The Hall–Kier alpha value is -2.53. The largest absolute Gasteiger partial charge is 0.478 e. The molecule has 0 amide bonds. The summed E-state index contributed by atoms with van der Waals surface area (Å²) in [6.07, 6.45) is 0. The van der Waals surface area contributed by atoms with Gasteiger partial charge in [0, 0.05) is 5.02 Å². The molecule has 5 nitrogen and oxygen atoms in total. The topological polar surface area (TPSA) is 86.6 Å². The molecule has 0 aromatic heterocycles. The van der Waals surface area contributed by atoms with Gasteiger partial charge in [0.05, 0.1) is 22.5 Å². The zero-order valence-electron chi connectivity index (χ0n) is 11.1.